The first-order valence-electron chi connectivity index (χ1n) is 6.55. The van der Waals surface area contributed by atoms with E-state index in [1.54, 1.807) is 12.1 Å². The summed E-state index contributed by atoms with van der Waals surface area (Å²) in [7, 11) is -3.57. The van der Waals surface area contributed by atoms with Crippen molar-refractivity contribution in [2.24, 2.45) is 0 Å². The quantitative estimate of drug-likeness (QED) is 0.850. The van der Waals surface area contributed by atoms with Crippen molar-refractivity contribution in [3.05, 3.63) is 27.7 Å². The third-order valence-electron chi connectivity index (χ3n) is 3.22. The standard InChI is InChI=1S/C13H17BrClNO3S/c14-10-4-5-13(12(15)9-10)20(17,18)16-7-6-11-3-1-2-8-19-11/h4-5,9,11,16H,1-3,6-8H2. The summed E-state index contributed by atoms with van der Waals surface area (Å²) in [5.74, 6) is 0. The van der Waals surface area contributed by atoms with Crippen LogP contribution in [0.2, 0.25) is 5.02 Å². The largest absolute Gasteiger partial charge is 0.378 e. The van der Waals surface area contributed by atoms with E-state index in [1.165, 1.54) is 6.07 Å². The van der Waals surface area contributed by atoms with Gasteiger partial charge in [0.15, 0.2) is 0 Å². The molecule has 112 valence electrons. The van der Waals surface area contributed by atoms with Gasteiger partial charge in [0.25, 0.3) is 0 Å². The molecule has 1 fully saturated rings. The molecule has 2 rings (SSSR count). The molecule has 1 aliphatic heterocycles. The van der Waals surface area contributed by atoms with E-state index in [4.69, 9.17) is 16.3 Å². The molecule has 0 aliphatic carbocycles. The minimum atomic E-state index is -3.57. The fourth-order valence-corrected chi connectivity index (χ4v) is 4.24. The summed E-state index contributed by atoms with van der Waals surface area (Å²) in [4.78, 5) is 0.104. The molecule has 0 aromatic heterocycles. The highest BCUT2D eigenvalue weighted by atomic mass is 79.9. The molecule has 1 unspecified atom stereocenters. The van der Waals surface area contributed by atoms with Crippen LogP contribution >= 0.6 is 27.5 Å². The van der Waals surface area contributed by atoms with Gasteiger partial charge >= 0.3 is 0 Å². The lowest BCUT2D eigenvalue weighted by Gasteiger charge is -2.22. The highest BCUT2D eigenvalue weighted by Gasteiger charge is 2.19. The Hall–Kier alpha value is -0.140. The maximum absolute atomic E-state index is 12.2. The number of nitrogens with one attached hydrogen (secondary N) is 1. The second-order valence-electron chi connectivity index (χ2n) is 4.75. The number of hydrogen-bond donors (Lipinski definition) is 1. The van der Waals surface area contributed by atoms with Crippen LogP contribution in [0.15, 0.2) is 27.6 Å². The molecule has 0 saturated carbocycles. The fraction of sp³-hybridized carbons (Fsp3) is 0.538. The van der Waals surface area contributed by atoms with Crippen molar-refractivity contribution >= 4 is 37.6 Å². The normalized spacial score (nSPS) is 20.0. The molecule has 1 aromatic rings. The maximum atomic E-state index is 12.2. The summed E-state index contributed by atoms with van der Waals surface area (Å²) in [6, 6.07) is 4.72. The average molecular weight is 383 g/mol. The van der Waals surface area contributed by atoms with E-state index < -0.39 is 10.0 Å². The van der Waals surface area contributed by atoms with Crippen molar-refractivity contribution in [2.45, 2.75) is 36.7 Å². The SMILES string of the molecule is O=S(=O)(NCCC1CCCCO1)c1ccc(Br)cc1Cl. The van der Waals surface area contributed by atoms with Crippen molar-refractivity contribution in [3.63, 3.8) is 0 Å². The average Bonchev–Trinajstić information content (AvgIpc) is 2.39. The van der Waals surface area contributed by atoms with Crippen LogP contribution in [0.4, 0.5) is 0 Å². The van der Waals surface area contributed by atoms with E-state index in [9.17, 15) is 8.42 Å². The lowest BCUT2D eigenvalue weighted by Crippen LogP contribution is -2.29. The van der Waals surface area contributed by atoms with Gasteiger partial charge in [0.1, 0.15) is 4.90 Å². The Balaban J connectivity index is 1.93. The number of rotatable bonds is 5. The van der Waals surface area contributed by atoms with E-state index in [2.05, 4.69) is 20.7 Å². The Bertz CT molecular complexity index is 559. The Morgan fingerprint density at radius 3 is 2.85 bits per heavy atom. The molecule has 1 aliphatic rings. The molecule has 1 saturated heterocycles. The number of hydrogen-bond acceptors (Lipinski definition) is 3. The first-order valence-corrected chi connectivity index (χ1v) is 9.21. The zero-order chi connectivity index (χ0) is 14.6. The van der Waals surface area contributed by atoms with Crippen LogP contribution in [0.25, 0.3) is 0 Å². The van der Waals surface area contributed by atoms with Crippen molar-refractivity contribution in [2.75, 3.05) is 13.2 Å². The van der Waals surface area contributed by atoms with Crippen LogP contribution in [-0.2, 0) is 14.8 Å². The number of halogens is 2. The van der Waals surface area contributed by atoms with Gasteiger partial charge in [-0.1, -0.05) is 27.5 Å². The second-order valence-corrected chi connectivity index (χ2v) is 7.81. The molecular formula is C13H17BrClNO3S. The van der Waals surface area contributed by atoms with E-state index in [0.717, 1.165) is 30.3 Å². The first kappa shape index (κ1) is 16.2. The number of sulfonamides is 1. The molecule has 1 atom stereocenters. The van der Waals surface area contributed by atoms with Gasteiger partial charge in [0, 0.05) is 17.6 Å². The summed E-state index contributed by atoms with van der Waals surface area (Å²) in [5, 5.41) is 0.209. The molecule has 0 spiro atoms. The minimum Gasteiger partial charge on any atom is -0.378 e. The minimum absolute atomic E-state index is 0.104. The van der Waals surface area contributed by atoms with Crippen molar-refractivity contribution in [1.82, 2.24) is 4.72 Å². The zero-order valence-electron chi connectivity index (χ0n) is 10.9. The second kappa shape index (κ2) is 7.22. The van der Waals surface area contributed by atoms with Gasteiger partial charge in [-0.3, -0.25) is 0 Å². The maximum Gasteiger partial charge on any atom is 0.242 e. The summed E-state index contributed by atoms with van der Waals surface area (Å²) in [6.45, 7) is 1.13. The monoisotopic (exact) mass is 381 g/mol. The zero-order valence-corrected chi connectivity index (χ0v) is 14.1. The molecule has 0 amide bonds. The first-order chi connectivity index (χ1) is 9.49. The number of ether oxygens (including phenoxy) is 1. The van der Waals surface area contributed by atoms with Gasteiger partial charge in [-0.15, -0.1) is 0 Å². The van der Waals surface area contributed by atoms with Crippen LogP contribution in [0, 0.1) is 0 Å². The number of benzene rings is 1. The molecule has 1 N–H and O–H groups in total. The lowest BCUT2D eigenvalue weighted by atomic mass is 10.1. The highest BCUT2D eigenvalue weighted by Crippen LogP contribution is 2.25. The van der Waals surface area contributed by atoms with Crippen LogP contribution < -0.4 is 4.72 Å². The fourth-order valence-electron chi connectivity index (χ4n) is 2.16. The summed E-state index contributed by atoms with van der Waals surface area (Å²) >= 11 is 9.22. The van der Waals surface area contributed by atoms with Crippen LogP contribution in [0.3, 0.4) is 0 Å². The molecule has 7 heteroatoms. The topological polar surface area (TPSA) is 55.4 Å². The van der Waals surface area contributed by atoms with Gasteiger partial charge in [-0.2, -0.15) is 0 Å². The third-order valence-corrected chi connectivity index (χ3v) is 5.65. The van der Waals surface area contributed by atoms with Gasteiger partial charge < -0.3 is 4.74 Å². The van der Waals surface area contributed by atoms with Gasteiger partial charge in [-0.25, -0.2) is 13.1 Å². The van der Waals surface area contributed by atoms with Crippen LogP contribution in [-0.4, -0.2) is 27.7 Å². The molecule has 4 nitrogen and oxygen atoms in total. The van der Waals surface area contributed by atoms with Gasteiger partial charge in [-0.05, 0) is 43.9 Å². The van der Waals surface area contributed by atoms with Gasteiger partial charge in [0.05, 0.1) is 11.1 Å². The van der Waals surface area contributed by atoms with E-state index >= 15 is 0 Å². The molecule has 0 bridgehead atoms. The van der Waals surface area contributed by atoms with Crippen molar-refractivity contribution in [1.29, 1.82) is 0 Å². The Morgan fingerprint density at radius 1 is 1.40 bits per heavy atom. The molecule has 0 radical (unpaired) electrons. The molecule has 20 heavy (non-hydrogen) atoms. The van der Waals surface area contributed by atoms with Crippen molar-refractivity contribution < 1.29 is 13.2 Å². The van der Waals surface area contributed by atoms with E-state index in [0.29, 0.717) is 13.0 Å². The smallest absolute Gasteiger partial charge is 0.242 e. The Morgan fingerprint density at radius 2 is 2.20 bits per heavy atom. The van der Waals surface area contributed by atoms with Crippen molar-refractivity contribution in [3.8, 4) is 0 Å². The highest BCUT2D eigenvalue weighted by molar-refractivity contribution is 9.10. The molecular weight excluding hydrogens is 366 g/mol. The lowest BCUT2D eigenvalue weighted by molar-refractivity contribution is 0.0123. The van der Waals surface area contributed by atoms with Crippen LogP contribution in [0.1, 0.15) is 25.7 Å². The summed E-state index contributed by atoms with van der Waals surface area (Å²) < 4.78 is 33.2. The summed E-state index contributed by atoms with van der Waals surface area (Å²) in [6.07, 6.45) is 4.09. The third kappa shape index (κ3) is 4.43. The predicted octanol–water partition coefficient (Wildman–Crippen LogP) is 3.34. The van der Waals surface area contributed by atoms with E-state index in [1.807, 2.05) is 0 Å². The van der Waals surface area contributed by atoms with Gasteiger partial charge in [0.2, 0.25) is 10.0 Å². The Labute approximate surface area is 133 Å². The summed E-state index contributed by atoms with van der Waals surface area (Å²) in [5.41, 5.74) is 0. The Kier molecular flexibility index (Phi) is 5.86. The molecule has 1 aromatic carbocycles. The predicted molar refractivity (Wildman–Crippen MR) is 82.5 cm³/mol. The van der Waals surface area contributed by atoms with Crippen LogP contribution in [0.5, 0.6) is 0 Å². The molecule has 1 heterocycles. The van der Waals surface area contributed by atoms with E-state index in [-0.39, 0.29) is 16.0 Å².